The monoisotopic (exact) mass is 1100 g/mol. The van der Waals surface area contributed by atoms with Crippen LogP contribution in [-0.2, 0) is 27.1 Å². The number of hydrogen-bond donors (Lipinski definition) is 0. The van der Waals surface area contributed by atoms with E-state index in [0.29, 0.717) is 0 Å². The molecular formula is C78H82BN3Si. The minimum atomic E-state index is -3.20. The molecule has 1 saturated carbocycles. The average molecular weight is 1100 g/mol. The first-order chi connectivity index (χ1) is 39.4. The Morgan fingerprint density at radius 3 is 1.24 bits per heavy atom. The molecule has 0 radical (unpaired) electrons. The normalized spacial score (nSPS) is 19.3. The Morgan fingerprint density at radius 2 is 0.795 bits per heavy atom. The number of rotatable bonds is 6. The molecule has 0 saturated heterocycles. The van der Waals surface area contributed by atoms with Gasteiger partial charge in [-0.1, -0.05) is 236 Å². The molecule has 2 unspecified atom stereocenters. The zero-order valence-electron chi connectivity index (χ0n) is 51.7. The maximum atomic E-state index is 2.84. The summed E-state index contributed by atoms with van der Waals surface area (Å²) >= 11 is 0. The first kappa shape index (κ1) is 53.7. The minimum Gasteiger partial charge on any atom is -0.334 e. The van der Waals surface area contributed by atoms with E-state index in [9.17, 15) is 0 Å². The van der Waals surface area contributed by atoms with Crippen LogP contribution in [0.25, 0.3) is 11.1 Å². The summed E-state index contributed by atoms with van der Waals surface area (Å²) < 4.78 is 0. The van der Waals surface area contributed by atoms with E-state index in [2.05, 4.69) is 306 Å². The SMILES string of the molecule is CC(C)(C)c1ccc(N2c3cc(N4c5ccc(-c6ccccc6)cc5C5(C)CCCCC45C)cc4c3B3c5c2cc(C(C)(C)C)cc5[Si](c2ccccc2)(c2ccccc2)c2cc(C(C)(C)C)cc(c23)N4c2ccc(C(C)(C)C)cc2)cc1. The fourth-order valence-electron chi connectivity index (χ4n) is 15.9. The van der Waals surface area contributed by atoms with Crippen LogP contribution in [0.1, 0.15) is 150 Å². The molecule has 9 aromatic carbocycles. The second kappa shape index (κ2) is 18.3. The Morgan fingerprint density at radius 1 is 0.373 bits per heavy atom. The molecule has 5 heteroatoms. The van der Waals surface area contributed by atoms with Gasteiger partial charge in [-0.05, 0) is 178 Å². The highest BCUT2D eigenvalue weighted by atomic mass is 28.3. The van der Waals surface area contributed by atoms with Crippen LogP contribution in [0.5, 0.6) is 0 Å². The van der Waals surface area contributed by atoms with Gasteiger partial charge >= 0.3 is 0 Å². The van der Waals surface area contributed by atoms with Gasteiger partial charge in [0.05, 0.1) is 5.54 Å². The number of nitrogens with zero attached hydrogens (tertiary/aromatic N) is 3. The third-order valence-corrected chi connectivity index (χ3v) is 25.5. The fourth-order valence-corrected chi connectivity index (χ4v) is 21.2. The van der Waals surface area contributed by atoms with E-state index in [1.165, 1.54) is 134 Å². The number of fused-ring (bicyclic) bond motifs is 3. The quantitative estimate of drug-likeness (QED) is 0.154. The van der Waals surface area contributed by atoms with Crippen molar-refractivity contribution in [2.24, 2.45) is 0 Å². The summed E-state index contributed by atoms with van der Waals surface area (Å²) in [6.07, 6.45) is 4.68. The van der Waals surface area contributed by atoms with Crippen LogP contribution in [-0.4, -0.2) is 20.3 Å². The van der Waals surface area contributed by atoms with Gasteiger partial charge in [-0.2, -0.15) is 0 Å². The molecule has 2 atom stereocenters. The number of benzene rings is 9. The maximum absolute atomic E-state index is 3.20. The van der Waals surface area contributed by atoms with E-state index in [0.717, 1.165) is 12.8 Å². The van der Waals surface area contributed by atoms with Crippen molar-refractivity contribution in [3.8, 4) is 11.1 Å². The van der Waals surface area contributed by atoms with Crippen LogP contribution < -0.4 is 51.8 Å². The molecule has 0 spiro atoms. The third-order valence-electron chi connectivity index (χ3n) is 20.7. The molecule has 1 fully saturated rings. The summed E-state index contributed by atoms with van der Waals surface area (Å²) in [7, 11) is -3.20. The molecule has 83 heavy (non-hydrogen) atoms. The lowest BCUT2D eigenvalue weighted by molar-refractivity contribution is 0.195. The van der Waals surface area contributed by atoms with Crippen molar-refractivity contribution in [3.05, 3.63) is 222 Å². The Bertz CT molecular complexity index is 3850. The van der Waals surface area contributed by atoms with E-state index in [1.54, 1.807) is 0 Å². The van der Waals surface area contributed by atoms with Gasteiger partial charge in [0.25, 0.3) is 6.71 Å². The van der Waals surface area contributed by atoms with Crippen LogP contribution in [0, 0.1) is 0 Å². The molecule has 9 aromatic rings. The van der Waals surface area contributed by atoms with Gasteiger partial charge in [-0.3, -0.25) is 0 Å². The summed E-state index contributed by atoms with van der Waals surface area (Å²) in [5.74, 6) is 0. The minimum absolute atomic E-state index is 0.00678. The first-order valence-electron chi connectivity index (χ1n) is 30.9. The van der Waals surface area contributed by atoms with Crippen LogP contribution in [0.3, 0.4) is 0 Å². The van der Waals surface area contributed by atoms with Crippen molar-refractivity contribution in [1.29, 1.82) is 0 Å². The van der Waals surface area contributed by atoms with Gasteiger partial charge in [0, 0.05) is 50.9 Å². The van der Waals surface area contributed by atoms with Crippen molar-refractivity contribution in [3.63, 3.8) is 0 Å². The highest BCUT2D eigenvalue weighted by molar-refractivity contribution is 7.27. The summed E-state index contributed by atoms with van der Waals surface area (Å²) in [5.41, 5.74) is 23.3. The van der Waals surface area contributed by atoms with E-state index < -0.39 is 8.07 Å². The lowest BCUT2D eigenvalue weighted by atomic mass is 9.33. The van der Waals surface area contributed by atoms with Gasteiger partial charge in [0.2, 0.25) is 0 Å². The first-order valence-corrected chi connectivity index (χ1v) is 32.9. The summed E-state index contributed by atoms with van der Waals surface area (Å²) in [4.78, 5) is 8.33. The highest BCUT2D eigenvalue weighted by Crippen LogP contribution is 2.62. The summed E-state index contributed by atoms with van der Waals surface area (Å²) in [6.45, 7) is 33.8. The van der Waals surface area contributed by atoms with E-state index >= 15 is 0 Å². The van der Waals surface area contributed by atoms with Crippen LogP contribution in [0.2, 0.25) is 0 Å². The van der Waals surface area contributed by atoms with Crippen molar-refractivity contribution in [2.75, 3.05) is 14.7 Å². The van der Waals surface area contributed by atoms with Crippen LogP contribution >= 0.6 is 0 Å². The van der Waals surface area contributed by atoms with Crippen molar-refractivity contribution < 1.29 is 0 Å². The Labute approximate surface area is 497 Å². The summed E-state index contributed by atoms with van der Waals surface area (Å²) in [5, 5.41) is 5.87. The van der Waals surface area contributed by atoms with Crippen LogP contribution in [0.15, 0.2) is 194 Å². The Hall–Kier alpha value is -7.34. The molecule has 0 aromatic heterocycles. The molecule has 4 aliphatic heterocycles. The van der Waals surface area contributed by atoms with Gasteiger partial charge in [0.15, 0.2) is 8.07 Å². The molecule has 1 aliphatic carbocycles. The predicted molar refractivity (Wildman–Crippen MR) is 361 cm³/mol. The third kappa shape index (κ3) is 7.88. The molecule has 416 valence electrons. The largest absolute Gasteiger partial charge is 0.334 e. The molecule has 0 N–H and O–H groups in total. The van der Waals surface area contributed by atoms with Gasteiger partial charge < -0.3 is 14.7 Å². The maximum Gasteiger partial charge on any atom is 0.251 e. The molecule has 5 aliphatic rings. The molecule has 0 amide bonds. The van der Waals surface area contributed by atoms with Gasteiger partial charge in [0.1, 0.15) is 0 Å². The van der Waals surface area contributed by atoms with E-state index in [4.69, 9.17) is 0 Å². The number of hydrogen-bond acceptors (Lipinski definition) is 3. The van der Waals surface area contributed by atoms with Crippen molar-refractivity contribution >= 4 is 97.4 Å². The molecule has 3 nitrogen and oxygen atoms in total. The fraction of sp³-hybridized carbons (Fsp3) is 0.308. The van der Waals surface area contributed by atoms with E-state index in [-0.39, 0.29) is 39.3 Å². The van der Waals surface area contributed by atoms with Crippen molar-refractivity contribution in [1.82, 2.24) is 0 Å². The second-order valence-corrected chi connectivity index (χ2v) is 33.5. The topological polar surface area (TPSA) is 9.72 Å². The zero-order valence-corrected chi connectivity index (χ0v) is 52.7. The highest BCUT2D eigenvalue weighted by Gasteiger charge is 2.60. The average Bonchev–Trinajstić information content (AvgIpc) is 0.850. The van der Waals surface area contributed by atoms with Gasteiger partial charge in [-0.25, -0.2) is 0 Å². The van der Waals surface area contributed by atoms with Gasteiger partial charge in [-0.15, -0.1) is 0 Å². The Balaban J connectivity index is 1.17. The standard InChI is InChI=1S/C78H82BN3Si/c1-73(2,3)53-33-37-57(38-34-53)80-64-45-55(75(7,8)9)47-68-71(64)79-70-66(80)49-59(82-63-41-32-52(51-26-18-15-19-27-51)44-62(63)77(13)42-24-25-43-78(77,82)14)50-67(70)81(58-39-35-54(36-40-58)74(4,5)6)65-46-56(76(10,11)12)48-69(72(65)79)83(68,60-28-20-16-21-29-60)61-30-22-17-23-31-61/h15-23,26-41,44-50H,24-25,42-43H2,1-14H3. The van der Waals surface area contributed by atoms with Crippen LogP contribution in [0.4, 0.5) is 45.5 Å². The number of anilines is 8. The molecule has 4 heterocycles. The lowest BCUT2D eigenvalue weighted by Crippen LogP contribution is -2.88. The van der Waals surface area contributed by atoms with Crippen molar-refractivity contribution in [2.45, 2.75) is 155 Å². The lowest BCUT2D eigenvalue weighted by Gasteiger charge is -2.53. The molecular weight excluding hydrogens is 1020 g/mol. The second-order valence-electron chi connectivity index (χ2n) is 29.7. The molecule has 14 rings (SSSR count). The summed E-state index contributed by atoms with van der Waals surface area (Å²) in [6, 6.07) is 77.4. The Kier molecular flexibility index (Phi) is 11.8. The smallest absolute Gasteiger partial charge is 0.251 e. The zero-order chi connectivity index (χ0) is 58.0. The predicted octanol–water partition coefficient (Wildman–Crippen LogP) is 16.1. The molecule has 0 bridgehead atoms. The van der Waals surface area contributed by atoms with E-state index in [1.807, 2.05) is 0 Å².